The Balaban J connectivity index is 1.95. The number of allylic oxidation sites excluding steroid dienone is 1. The number of carbonyl (C=O) groups is 1. The highest BCUT2D eigenvalue weighted by atomic mass is 35.5. The molecule has 0 amide bonds. The number of benzene rings is 2. The third kappa shape index (κ3) is 3.83. The van der Waals surface area contributed by atoms with Crippen molar-refractivity contribution in [2.75, 3.05) is 14.2 Å². The Bertz CT molecular complexity index is 1420. The van der Waals surface area contributed by atoms with Crippen molar-refractivity contribution in [3.8, 4) is 11.5 Å². The van der Waals surface area contributed by atoms with E-state index in [0.29, 0.717) is 42.5 Å². The van der Waals surface area contributed by atoms with Gasteiger partial charge in [0.2, 0.25) is 0 Å². The first kappa shape index (κ1) is 21.9. The zero-order valence-corrected chi connectivity index (χ0v) is 19.0. The maximum absolute atomic E-state index is 13.5. The van der Waals surface area contributed by atoms with Gasteiger partial charge in [0.1, 0.15) is 0 Å². The normalized spacial score (nSPS) is 15.9. The van der Waals surface area contributed by atoms with Crippen LogP contribution < -0.4 is 19.6 Å². The largest absolute Gasteiger partial charge is 0.504 e. The second kappa shape index (κ2) is 8.64. The maximum Gasteiger partial charge on any atom is 0.338 e. The van der Waals surface area contributed by atoms with Crippen LogP contribution >= 0.6 is 22.9 Å². The Kier molecular flexibility index (Phi) is 5.90. The van der Waals surface area contributed by atoms with Crippen molar-refractivity contribution in [3.05, 3.63) is 89.6 Å². The molecular formula is C23H19ClN2O5S. The Hall–Kier alpha value is -3.36. The third-order valence-electron chi connectivity index (χ3n) is 5.11. The first-order chi connectivity index (χ1) is 15.3. The van der Waals surface area contributed by atoms with E-state index in [1.54, 1.807) is 49.4 Å². The number of thiazole rings is 1. The highest BCUT2D eigenvalue weighted by Crippen LogP contribution is 2.31. The molecule has 0 unspecified atom stereocenters. The summed E-state index contributed by atoms with van der Waals surface area (Å²) in [6.07, 6.45) is 1.70. The fourth-order valence-corrected chi connectivity index (χ4v) is 4.76. The van der Waals surface area contributed by atoms with Crippen LogP contribution in [0.3, 0.4) is 0 Å². The zero-order valence-electron chi connectivity index (χ0n) is 17.5. The van der Waals surface area contributed by atoms with E-state index in [1.807, 2.05) is 0 Å². The van der Waals surface area contributed by atoms with E-state index < -0.39 is 12.0 Å². The summed E-state index contributed by atoms with van der Waals surface area (Å²) in [6.45, 7) is 1.72. The van der Waals surface area contributed by atoms with Crippen molar-refractivity contribution in [3.63, 3.8) is 0 Å². The van der Waals surface area contributed by atoms with Gasteiger partial charge in [-0.1, -0.05) is 41.1 Å². The lowest BCUT2D eigenvalue weighted by atomic mass is 9.96. The van der Waals surface area contributed by atoms with E-state index >= 15 is 0 Å². The summed E-state index contributed by atoms with van der Waals surface area (Å²) in [6, 6.07) is 11.1. The van der Waals surface area contributed by atoms with Gasteiger partial charge in [-0.25, -0.2) is 9.79 Å². The Labute approximate surface area is 192 Å². The van der Waals surface area contributed by atoms with Crippen LogP contribution in [0.25, 0.3) is 6.08 Å². The molecule has 1 aliphatic rings. The second-order valence-electron chi connectivity index (χ2n) is 7.06. The van der Waals surface area contributed by atoms with Crippen LogP contribution in [0.2, 0.25) is 5.02 Å². The molecule has 1 atom stereocenters. The Morgan fingerprint density at radius 3 is 2.59 bits per heavy atom. The first-order valence-corrected chi connectivity index (χ1v) is 10.8. The van der Waals surface area contributed by atoms with Gasteiger partial charge in [-0.3, -0.25) is 9.36 Å². The summed E-state index contributed by atoms with van der Waals surface area (Å²) in [7, 11) is 2.75. The van der Waals surface area contributed by atoms with Gasteiger partial charge in [-0.05, 0) is 48.4 Å². The van der Waals surface area contributed by atoms with Gasteiger partial charge in [0.15, 0.2) is 16.3 Å². The van der Waals surface area contributed by atoms with Crippen molar-refractivity contribution in [1.82, 2.24) is 4.57 Å². The molecule has 2 aromatic carbocycles. The predicted molar refractivity (Wildman–Crippen MR) is 122 cm³/mol. The van der Waals surface area contributed by atoms with Crippen molar-refractivity contribution in [2.45, 2.75) is 13.0 Å². The minimum Gasteiger partial charge on any atom is -0.504 e. The lowest BCUT2D eigenvalue weighted by Gasteiger charge is -2.24. The summed E-state index contributed by atoms with van der Waals surface area (Å²) >= 11 is 7.26. The average Bonchev–Trinajstić information content (AvgIpc) is 3.08. The van der Waals surface area contributed by atoms with E-state index in [-0.39, 0.29) is 11.3 Å². The quantitative estimate of drug-likeness (QED) is 0.592. The van der Waals surface area contributed by atoms with E-state index in [0.717, 1.165) is 0 Å². The molecule has 7 nitrogen and oxygen atoms in total. The third-order valence-corrected chi connectivity index (χ3v) is 6.35. The number of methoxy groups -OCH3 is 2. The summed E-state index contributed by atoms with van der Waals surface area (Å²) in [5, 5.41) is 10.4. The molecule has 0 saturated heterocycles. The van der Waals surface area contributed by atoms with Crippen molar-refractivity contribution < 1.29 is 19.4 Å². The molecule has 32 heavy (non-hydrogen) atoms. The number of nitrogens with zero attached hydrogens (tertiary/aromatic N) is 2. The van der Waals surface area contributed by atoms with Crippen LogP contribution in [0, 0.1) is 0 Å². The van der Waals surface area contributed by atoms with Gasteiger partial charge in [-0.2, -0.15) is 0 Å². The van der Waals surface area contributed by atoms with Crippen LogP contribution in [0.15, 0.2) is 63.5 Å². The molecule has 4 rings (SSSR count). The number of carbonyl (C=O) groups excluding carboxylic acids is 1. The maximum atomic E-state index is 13.5. The highest BCUT2D eigenvalue weighted by Gasteiger charge is 2.33. The smallest absolute Gasteiger partial charge is 0.338 e. The van der Waals surface area contributed by atoms with Crippen molar-refractivity contribution >= 4 is 35.0 Å². The van der Waals surface area contributed by atoms with Crippen LogP contribution in [-0.4, -0.2) is 29.9 Å². The average molecular weight is 471 g/mol. The molecule has 0 radical (unpaired) electrons. The number of fused-ring (bicyclic) bond motifs is 1. The van der Waals surface area contributed by atoms with Crippen molar-refractivity contribution in [2.24, 2.45) is 4.99 Å². The lowest BCUT2D eigenvalue weighted by Crippen LogP contribution is -2.39. The van der Waals surface area contributed by atoms with Crippen LogP contribution in [0.1, 0.15) is 24.1 Å². The number of rotatable bonds is 4. The van der Waals surface area contributed by atoms with E-state index in [4.69, 9.17) is 21.1 Å². The van der Waals surface area contributed by atoms with Gasteiger partial charge in [-0.15, -0.1) is 0 Å². The zero-order chi connectivity index (χ0) is 23.0. The number of hydrogen-bond donors (Lipinski definition) is 1. The summed E-state index contributed by atoms with van der Waals surface area (Å²) < 4.78 is 12.1. The lowest BCUT2D eigenvalue weighted by molar-refractivity contribution is -0.136. The number of ether oxygens (including phenoxy) is 2. The van der Waals surface area contributed by atoms with Crippen LogP contribution in [0.4, 0.5) is 0 Å². The van der Waals surface area contributed by atoms with Gasteiger partial charge in [0.25, 0.3) is 5.56 Å². The highest BCUT2D eigenvalue weighted by molar-refractivity contribution is 7.07. The molecular weight excluding hydrogens is 452 g/mol. The van der Waals surface area contributed by atoms with E-state index in [2.05, 4.69) is 4.99 Å². The summed E-state index contributed by atoms with van der Waals surface area (Å²) in [5.41, 5.74) is 1.87. The van der Waals surface area contributed by atoms with Gasteiger partial charge in [0, 0.05) is 5.02 Å². The first-order valence-electron chi connectivity index (χ1n) is 9.57. The Morgan fingerprint density at radius 1 is 1.22 bits per heavy atom. The number of phenols is 1. The molecule has 9 heteroatoms. The molecule has 3 aromatic rings. The molecule has 0 spiro atoms. The molecule has 1 N–H and O–H groups in total. The Morgan fingerprint density at radius 2 is 1.94 bits per heavy atom. The number of aromatic nitrogens is 1. The fraction of sp³-hybridized carbons (Fsp3) is 0.174. The topological polar surface area (TPSA) is 90.1 Å². The molecule has 0 fully saturated rings. The fourth-order valence-electron chi connectivity index (χ4n) is 3.59. The molecule has 164 valence electrons. The molecule has 1 aliphatic heterocycles. The number of esters is 1. The number of halogens is 1. The SMILES string of the molecule is COC(=O)C1=C(C)N=c2s/c(=C\c3ccc(O)c(OC)c3)c(=O)n2[C@H]1c1ccc(Cl)cc1. The molecule has 0 bridgehead atoms. The van der Waals surface area contributed by atoms with E-state index in [9.17, 15) is 14.7 Å². The minimum atomic E-state index is -0.701. The molecule has 0 aliphatic carbocycles. The van der Waals surface area contributed by atoms with Crippen LogP contribution in [0.5, 0.6) is 11.5 Å². The van der Waals surface area contributed by atoms with E-state index in [1.165, 1.54) is 36.2 Å². The molecule has 0 saturated carbocycles. The van der Waals surface area contributed by atoms with Gasteiger partial charge in [0.05, 0.1) is 36.1 Å². The predicted octanol–water partition coefficient (Wildman–Crippen LogP) is 2.78. The number of hydrogen-bond acceptors (Lipinski definition) is 7. The number of phenolic OH excluding ortho intramolecular Hbond substituents is 1. The monoisotopic (exact) mass is 470 g/mol. The molecule has 2 heterocycles. The summed E-state index contributed by atoms with van der Waals surface area (Å²) in [5.74, 6) is -0.245. The second-order valence-corrected chi connectivity index (χ2v) is 8.50. The van der Waals surface area contributed by atoms with Crippen LogP contribution in [-0.2, 0) is 9.53 Å². The summed E-state index contributed by atoms with van der Waals surface area (Å²) in [4.78, 5) is 31.1. The van der Waals surface area contributed by atoms with Gasteiger partial charge < -0.3 is 14.6 Å². The molecule has 1 aromatic heterocycles. The standard InChI is InChI=1S/C23H19ClN2O5S/c1-12-19(22(29)31-3)20(14-5-7-15(24)8-6-14)26-21(28)18(32-23(26)25-12)11-13-4-9-16(27)17(10-13)30-2/h4-11,20,27H,1-3H3/b18-11-/t20-/m0/s1. The van der Waals surface area contributed by atoms with Crippen molar-refractivity contribution in [1.29, 1.82) is 0 Å². The van der Waals surface area contributed by atoms with Gasteiger partial charge >= 0.3 is 5.97 Å². The minimum absolute atomic E-state index is 0.00666. The number of aromatic hydroxyl groups is 1.